The van der Waals surface area contributed by atoms with E-state index in [-0.39, 0.29) is 0 Å². The van der Waals surface area contributed by atoms with Crippen molar-refractivity contribution in [3.05, 3.63) is 46.5 Å². The van der Waals surface area contributed by atoms with E-state index in [2.05, 4.69) is 27.8 Å². The minimum atomic E-state index is 0.587. The third kappa shape index (κ3) is 2.24. The Balaban J connectivity index is 2.09. The summed E-state index contributed by atoms with van der Waals surface area (Å²) in [5, 5.41) is 6.74. The molecule has 0 aliphatic carbocycles. The van der Waals surface area contributed by atoms with Crippen LogP contribution in [0.1, 0.15) is 11.4 Å². The first-order valence-electron chi connectivity index (χ1n) is 4.69. The molecule has 0 bridgehead atoms. The Labute approximate surface area is 92.9 Å². The van der Waals surface area contributed by atoms with Crippen molar-refractivity contribution in [2.24, 2.45) is 0 Å². The van der Waals surface area contributed by atoms with Gasteiger partial charge in [-0.2, -0.15) is 5.10 Å². The van der Waals surface area contributed by atoms with Crippen molar-refractivity contribution in [3.63, 3.8) is 0 Å². The molecule has 0 fully saturated rings. The molecule has 0 aliphatic heterocycles. The number of rotatable bonds is 3. The lowest BCUT2D eigenvalue weighted by Gasteiger charge is -2.07. The normalized spacial score (nSPS) is 10.2. The Bertz CT molecular complexity index is 486. The quantitative estimate of drug-likeness (QED) is 0.778. The molecule has 4 nitrogen and oxygen atoms in total. The molecule has 0 saturated carbocycles. The highest BCUT2D eigenvalue weighted by atomic mass is 32.1. The molecule has 0 spiro atoms. The summed E-state index contributed by atoms with van der Waals surface area (Å²) in [5.74, 6) is 0.830. The Kier molecular flexibility index (Phi) is 2.82. The standard InChI is InChI=1S/C10H12N4S/c1-8-12-13-10(15)14(8)11-7-9-5-3-2-4-6-9/h2-6,11H,7H2,1H3,(H,13,15). The molecule has 2 aromatic rings. The molecule has 2 rings (SSSR count). The minimum Gasteiger partial charge on any atom is -0.318 e. The number of aromatic nitrogens is 3. The number of aryl methyl sites for hydroxylation is 1. The highest BCUT2D eigenvalue weighted by Crippen LogP contribution is 1.99. The van der Waals surface area contributed by atoms with Gasteiger partial charge in [-0.15, -0.1) is 0 Å². The lowest BCUT2D eigenvalue weighted by atomic mass is 10.2. The molecular formula is C10H12N4S. The van der Waals surface area contributed by atoms with Crippen molar-refractivity contribution in [1.29, 1.82) is 0 Å². The van der Waals surface area contributed by atoms with E-state index in [9.17, 15) is 0 Å². The van der Waals surface area contributed by atoms with Gasteiger partial charge in [0.2, 0.25) is 4.77 Å². The molecule has 5 heteroatoms. The van der Waals surface area contributed by atoms with Gasteiger partial charge in [-0.05, 0) is 24.7 Å². The Hall–Kier alpha value is -1.62. The highest BCUT2D eigenvalue weighted by molar-refractivity contribution is 7.71. The molecule has 15 heavy (non-hydrogen) atoms. The molecule has 1 heterocycles. The van der Waals surface area contributed by atoms with Crippen LogP contribution in [0.25, 0.3) is 0 Å². The number of nitrogens with one attached hydrogen (secondary N) is 2. The van der Waals surface area contributed by atoms with Gasteiger partial charge >= 0.3 is 0 Å². The summed E-state index contributed by atoms with van der Waals surface area (Å²) in [5.41, 5.74) is 4.40. The van der Waals surface area contributed by atoms with Crippen LogP contribution in [0.4, 0.5) is 0 Å². The predicted molar refractivity (Wildman–Crippen MR) is 61.7 cm³/mol. The van der Waals surface area contributed by atoms with Crippen LogP contribution in [0.5, 0.6) is 0 Å². The summed E-state index contributed by atoms with van der Waals surface area (Å²) in [6.07, 6.45) is 0. The monoisotopic (exact) mass is 220 g/mol. The largest absolute Gasteiger partial charge is 0.318 e. The Morgan fingerprint density at radius 1 is 1.40 bits per heavy atom. The molecule has 0 amide bonds. The van der Waals surface area contributed by atoms with Crippen LogP contribution in [0, 0.1) is 11.7 Å². The molecule has 0 aliphatic rings. The van der Waals surface area contributed by atoms with Gasteiger partial charge in [-0.1, -0.05) is 30.3 Å². The zero-order valence-corrected chi connectivity index (χ0v) is 9.21. The van der Waals surface area contributed by atoms with E-state index in [0.717, 1.165) is 12.4 Å². The number of benzene rings is 1. The summed E-state index contributed by atoms with van der Waals surface area (Å²) in [4.78, 5) is 0. The molecule has 0 unspecified atom stereocenters. The lowest BCUT2D eigenvalue weighted by Crippen LogP contribution is -2.15. The van der Waals surface area contributed by atoms with Crippen LogP contribution in [-0.2, 0) is 6.54 Å². The minimum absolute atomic E-state index is 0.587. The van der Waals surface area contributed by atoms with Gasteiger partial charge in [0.1, 0.15) is 5.82 Å². The van der Waals surface area contributed by atoms with Crippen LogP contribution in [0.3, 0.4) is 0 Å². The van der Waals surface area contributed by atoms with Gasteiger partial charge in [0.05, 0.1) is 6.54 Å². The van der Waals surface area contributed by atoms with Crippen molar-refractivity contribution in [1.82, 2.24) is 14.9 Å². The molecule has 1 aromatic heterocycles. The van der Waals surface area contributed by atoms with E-state index in [1.807, 2.05) is 25.1 Å². The van der Waals surface area contributed by atoms with Crippen molar-refractivity contribution < 1.29 is 0 Å². The van der Waals surface area contributed by atoms with E-state index in [1.165, 1.54) is 5.56 Å². The van der Waals surface area contributed by atoms with E-state index in [0.29, 0.717) is 4.77 Å². The fraction of sp³-hybridized carbons (Fsp3) is 0.200. The fourth-order valence-electron chi connectivity index (χ4n) is 1.33. The van der Waals surface area contributed by atoms with Gasteiger partial charge < -0.3 is 5.43 Å². The Morgan fingerprint density at radius 2 is 2.13 bits per heavy atom. The third-order valence-corrected chi connectivity index (χ3v) is 2.40. The van der Waals surface area contributed by atoms with Gasteiger partial charge in [-0.3, -0.25) is 5.10 Å². The van der Waals surface area contributed by atoms with E-state index in [4.69, 9.17) is 12.2 Å². The third-order valence-electron chi connectivity index (χ3n) is 2.12. The zero-order valence-electron chi connectivity index (χ0n) is 8.40. The molecule has 0 saturated heterocycles. The molecule has 1 aromatic carbocycles. The number of hydrogen-bond acceptors (Lipinski definition) is 3. The van der Waals surface area contributed by atoms with Crippen molar-refractivity contribution in [2.45, 2.75) is 13.5 Å². The summed E-state index contributed by atoms with van der Waals surface area (Å²) < 4.78 is 2.35. The first kappa shape index (κ1) is 9.92. The van der Waals surface area contributed by atoms with Crippen LogP contribution in [0.2, 0.25) is 0 Å². The van der Waals surface area contributed by atoms with E-state index >= 15 is 0 Å². The molecule has 2 N–H and O–H groups in total. The second-order valence-electron chi connectivity index (χ2n) is 3.23. The van der Waals surface area contributed by atoms with Crippen LogP contribution in [-0.4, -0.2) is 14.9 Å². The average Bonchev–Trinajstić information content (AvgIpc) is 2.58. The van der Waals surface area contributed by atoms with Gasteiger partial charge in [-0.25, -0.2) is 4.68 Å². The van der Waals surface area contributed by atoms with Crippen LogP contribution >= 0.6 is 12.2 Å². The maximum atomic E-state index is 5.07. The van der Waals surface area contributed by atoms with Gasteiger partial charge in [0.25, 0.3) is 0 Å². The van der Waals surface area contributed by atoms with Crippen molar-refractivity contribution in [3.8, 4) is 0 Å². The van der Waals surface area contributed by atoms with Crippen LogP contribution in [0.15, 0.2) is 30.3 Å². The second-order valence-corrected chi connectivity index (χ2v) is 3.62. The molecule has 0 radical (unpaired) electrons. The van der Waals surface area contributed by atoms with E-state index in [1.54, 1.807) is 4.68 Å². The van der Waals surface area contributed by atoms with Crippen molar-refractivity contribution >= 4 is 12.2 Å². The van der Waals surface area contributed by atoms with Crippen molar-refractivity contribution in [2.75, 3.05) is 5.43 Å². The summed E-state index contributed by atoms with van der Waals surface area (Å²) in [7, 11) is 0. The lowest BCUT2D eigenvalue weighted by molar-refractivity contribution is 0.794. The first-order chi connectivity index (χ1) is 7.27. The molecule has 0 atom stereocenters. The SMILES string of the molecule is Cc1n[nH]c(=S)n1NCc1ccccc1. The van der Waals surface area contributed by atoms with E-state index < -0.39 is 0 Å². The fourth-order valence-corrected chi connectivity index (χ4v) is 1.57. The summed E-state index contributed by atoms with van der Waals surface area (Å²) in [6, 6.07) is 10.1. The smallest absolute Gasteiger partial charge is 0.214 e. The summed E-state index contributed by atoms with van der Waals surface area (Å²) in [6.45, 7) is 2.62. The number of hydrogen-bond donors (Lipinski definition) is 2. The molecule has 78 valence electrons. The Morgan fingerprint density at radius 3 is 2.73 bits per heavy atom. The number of nitrogens with zero attached hydrogens (tertiary/aromatic N) is 2. The number of H-pyrrole nitrogens is 1. The predicted octanol–water partition coefficient (Wildman–Crippen LogP) is 1.99. The topological polar surface area (TPSA) is 45.6 Å². The maximum absolute atomic E-state index is 5.07. The first-order valence-corrected chi connectivity index (χ1v) is 5.10. The highest BCUT2D eigenvalue weighted by Gasteiger charge is 1.99. The maximum Gasteiger partial charge on any atom is 0.214 e. The molecular weight excluding hydrogens is 208 g/mol. The number of aromatic amines is 1. The van der Waals surface area contributed by atoms with Gasteiger partial charge in [0.15, 0.2) is 0 Å². The summed E-state index contributed by atoms with van der Waals surface area (Å²) >= 11 is 5.07. The van der Waals surface area contributed by atoms with Gasteiger partial charge in [0, 0.05) is 0 Å². The average molecular weight is 220 g/mol. The van der Waals surface area contributed by atoms with Crippen LogP contribution < -0.4 is 5.43 Å². The second kappa shape index (κ2) is 4.27. The zero-order chi connectivity index (χ0) is 10.7.